The van der Waals surface area contributed by atoms with E-state index in [0.717, 1.165) is 4.90 Å². The lowest BCUT2D eigenvalue weighted by Gasteiger charge is -2.42. The van der Waals surface area contributed by atoms with Gasteiger partial charge in [0.25, 0.3) is 0 Å². The number of nitrogens with zero attached hydrogens (tertiary/aromatic N) is 3. The maximum absolute atomic E-state index is 16.4. The molecule has 3 aromatic rings. The number of benzene rings is 1. The standard InChI is InChI=1S/C31H34FN5O9/c1-15-20(13-34-26-25(15)37(29(41)42)7-8-43-26)19-9-17-10-22(35-27(39)44-18-11-31(6,12-18)45-16(2)38)33-14-21(17)24(23(19)32)36-28(40)46-30(3,4)5/h9-10,13-14,18H,7-8,11-12H2,1-6H3,(H,36,40)(H,41,42)(H,33,35,39). The van der Waals surface area contributed by atoms with Crippen molar-refractivity contribution in [3.63, 3.8) is 0 Å². The molecule has 3 heterocycles. The van der Waals surface area contributed by atoms with E-state index in [0.29, 0.717) is 23.8 Å². The molecule has 244 valence electrons. The van der Waals surface area contributed by atoms with Crippen molar-refractivity contribution < 1.29 is 47.6 Å². The molecule has 1 saturated carbocycles. The van der Waals surface area contributed by atoms with E-state index < -0.39 is 47.4 Å². The lowest BCUT2D eigenvalue weighted by atomic mass is 9.79. The summed E-state index contributed by atoms with van der Waals surface area (Å²) in [6, 6.07) is 2.95. The van der Waals surface area contributed by atoms with Crippen LogP contribution < -0.4 is 20.3 Å². The molecule has 0 unspecified atom stereocenters. The number of rotatable bonds is 5. The molecule has 1 aromatic carbocycles. The maximum Gasteiger partial charge on any atom is 0.413 e. The SMILES string of the molecule is CC(=O)OC1(C)CC(OC(=O)Nc2cc3cc(-c4cnc5c(c4C)N(C(=O)O)CCO5)c(F)c(NC(=O)OC(C)(C)C)c3cn2)C1. The van der Waals surface area contributed by atoms with E-state index in [1.54, 1.807) is 34.6 Å². The summed E-state index contributed by atoms with van der Waals surface area (Å²) >= 11 is 0. The first-order valence-corrected chi connectivity index (χ1v) is 14.5. The van der Waals surface area contributed by atoms with Crippen LogP contribution in [-0.4, -0.2) is 69.8 Å². The van der Waals surface area contributed by atoms with Gasteiger partial charge in [0, 0.05) is 48.7 Å². The zero-order valence-electron chi connectivity index (χ0n) is 26.1. The number of esters is 1. The minimum atomic E-state index is -1.22. The summed E-state index contributed by atoms with van der Waals surface area (Å²) in [4.78, 5) is 58.2. The predicted octanol–water partition coefficient (Wildman–Crippen LogP) is 6.00. The lowest BCUT2D eigenvalue weighted by Crippen LogP contribution is -2.49. The van der Waals surface area contributed by atoms with Gasteiger partial charge in [-0.15, -0.1) is 0 Å². The van der Waals surface area contributed by atoms with Crippen LogP contribution in [0.4, 0.5) is 36.0 Å². The summed E-state index contributed by atoms with van der Waals surface area (Å²) in [5, 5.41) is 15.4. The molecule has 0 radical (unpaired) electrons. The van der Waals surface area contributed by atoms with Crippen LogP contribution in [0.2, 0.25) is 0 Å². The fourth-order valence-electron chi connectivity index (χ4n) is 5.57. The van der Waals surface area contributed by atoms with Crippen LogP contribution in [0.15, 0.2) is 24.5 Å². The number of anilines is 3. The number of pyridine rings is 2. The molecular formula is C31H34FN5O9. The molecule has 14 nitrogen and oxygen atoms in total. The highest BCUT2D eigenvalue weighted by Crippen LogP contribution is 2.42. The van der Waals surface area contributed by atoms with E-state index in [4.69, 9.17) is 18.9 Å². The molecule has 1 aliphatic carbocycles. The second kappa shape index (κ2) is 11.9. The van der Waals surface area contributed by atoms with Gasteiger partial charge in [0.2, 0.25) is 5.88 Å². The van der Waals surface area contributed by atoms with E-state index >= 15 is 4.39 Å². The summed E-state index contributed by atoms with van der Waals surface area (Å²) < 4.78 is 38.0. The molecule has 2 aromatic heterocycles. The topological polar surface area (TPSA) is 179 Å². The van der Waals surface area contributed by atoms with Crippen LogP contribution in [0.3, 0.4) is 0 Å². The number of hydrogen-bond donors (Lipinski definition) is 3. The zero-order valence-corrected chi connectivity index (χ0v) is 26.1. The average molecular weight is 640 g/mol. The number of nitrogens with one attached hydrogen (secondary N) is 2. The van der Waals surface area contributed by atoms with Gasteiger partial charge in [-0.2, -0.15) is 0 Å². The van der Waals surface area contributed by atoms with Crippen molar-refractivity contribution in [2.24, 2.45) is 0 Å². The molecule has 0 saturated heterocycles. The van der Waals surface area contributed by atoms with Crippen LogP contribution in [0, 0.1) is 12.7 Å². The van der Waals surface area contributed by atoms with Crippen molar-refractivity contribution in [3.05, 3.63) is 35.9 Å². The normalized spacial score (nSPS) is 18.8. The van der Waals surface area contributed by atoms with Gasteiger partial charge in [0.1, 0.15) is 35.4 Å². The first-order chi connectivity index (χ1) is 21.5. The highest BCUT2D eigenvalue weighted by molar-refractivity contribution is 6.04. The monoisotopic (exact) mass is 639 g/mol. The summed E-state index contributed by atoms with van der Waals surface area (Å²) in [6.07, 6.45) is -0.0709. The number of carboxylic acid groups (broad SMARTS) is 1. The van der Waals surface area contributed by atoms with Crippen molar-refractivity contribution in [1.82, 2.24) is 9.97 Å². The zero-order chi connectivity index (χ0) is 33.6. The quantitative estimate of drug-likeness (QED) is 0.220. The Morgan fingerprint density at radius 2 is 1.80 bits per heavy atom. The molecule has 5 rings (SSSR count). The summed E-state index contributed by atoms with van der Waals surface area (Å²) in [5.41, 5.74) is -1.03. The molecule has 0 bridgehead atoms. The third-order valence-corrected chi connectivity index (χ3v) is 7.42. The number of hydrogen-bond acceptors (Lipinski definition) is 10. The first kappa shape index (κ1) is 32.2. The van der Waals surface area contributed by atoms with Crippen LogP contribution in [0.25, 0.3) is 21.9 Å². The molecule has 1 fully saturated rings. The summed E-state index contributed by atoms with van der Waals surface area (Å²) in [7, 11) is 0. The van der Waals surface area contributed by atoms with Gasteiger partial charge in [0.15, 0.2) is 5.82 Å². The molecule has 2 aliphatic rings. The Morgan fingerprint density at radius 1 is 1.09 bits per heavy atom. The second-order valence-corrected chi connectivity index (χ2v) is 12.4. The smallest absolute Gasteiger partial charge is 0.413 e. The molecule has 3 amide bonds. The fraction of sp³-hybridized carbons (Fsp3) is 0.419. The number of fused-ring (bicyclic) bond motifs is 2. The van der Waals surface area contributed by atoms with E-state index in [1.807, 2.05) is 0 Å². The molecule has 46 heavy (non-hydrogen) atoms. The summed E-state index contributed by atoms with van der Waals surface area (Å²) in [5.74, 6) is -1.09. The fourth-order valence-corrected chi connectivity index (χ4v) is 5.57. The average Bonchev–Trinajstić information content (AvgIpc) is 2.92. The van der Waals surface area contributed by atoms with E-state index in [2.05, 4.69) is 20.6 Å². The number of carbonyl (C=O) groups is 4. The van der Waals surface area contributed by atoms with Crippen LogP contribution in [0.1, 0.15) is 53.0 Å². The number of ether oxygens (including phenoxy) is 4. The Hall–Kier alpha value is -5.21. The van der Waals surface area contributed by atoms with Crippen molar-refractivity contribution in [1.29, 1.82) is 0 Å². The number of carbonyl (C=O) groups excluding carboxylic acids is 3. The Bertz CT molecular complexity index is 1750. The second-order valence-electron chi connectivity index (χ2n) is 12.4. The van der Waals surface area contributed by atoms with Gasteiger partial charge in [-0.25, -0.2) is 28.7 Å². The van der Waals surface area contributed by atoms with Gasteiger partial charge < -0.3 is 24.1 Å². The molecule has 3 N–H and O–H groups in total. The first-order valence-electron chi connectivity index (χ1n) is 14.5. The van der Waals surface area contributed by atoms with E-state index in [-0.39, 0.29) is 52.7 Å². The van der Waals surface area contributed by atoms with Crippen molar-refractivity contribution in [3.8, 4) is 17.0 Å². The summed E-state index contributed by atoms with van der Waals surface area (Å²) in [6.45, 7) is 9.83. The van der Waals surface area contributed by atoms with Gasteiger partial charge in [0.05, 0.1) is 12.2 Å². The van der Waals surface area contributed by atoms with Crippen molar-refractivity contribution >= 4 is 52.2 Å². The van der Waals surface area contributed by atoms with Gasteiger partial charge in [-0.1, -0.05) is 0 Å². The number of halogens is 1. The highest BCUT2D eigenvalue weighted by Gasteiger charge is 2.45. The number of amides is 3. The third-order valence-electron chi connectivity index (χ3n) is 7.42. The van der Waals surface area contributed by atoms with Gasteiger partial charge in [-0.3, -0.25) is 20.3 Å². The minimum Gasteiger partial charge on any atom is -0.474 e. The predicted molar refractivity (Wildman–Crippen MR) is 164 cm³/mol. The van der Waals surface area contributed by atoms with E-state index in [1.165, 1.54) is 31.5 Å². The highest BCUT2D eigenvalue weighted by atomic mass is 19.1. The number of aromatic nitrogens is 2. The molecule has 15 heteroatoms. The Morgan fingerprint density at radius 3 is 2.46 bits per heavy atom. The Balaban J connectivity index is 1.51. The Kier molecular flexibility index (Phi) is 8.36. The van der Waals surface area contributed by atoms with Crippen LogP contribution >= 0.6 is 0 Å². The lowest BCUT2D eigenvalue weighted by molar-refractivity contribution is -0.176. The maximum atomic E-state index is 16.4. The Labute approximate surface area is 263 Å². The molecule has 0 atom stereocenters. The van der Waals surface area contributed by atoms with Crippen LogP contribution in [-0.2, 0) is 19.0 Å². The van der Waals surface area contributed by atoms with Crippen molar-refractivity contribution in [2.75, 3.05) is 28.7 Å². The largest absolute Gasteiger partial charge is 0.474 e. The van der Waals surface area contributed by atoms with Gasteiger partial charge >= 0.3 is 24.2 Å². The third kappa shape index (κ3) is 6.72. The van der Waals surface area contributed by atoms with Gasteiger partial charge in [-0.05, 0) is 57.7 Å². The van der Waals surface area contributed by atoms with E-state index in [9.17, 15) is 24.3 Å². The van der Waals surface area contributed by atoms with Crippen molar-refractivity contribution in [2.45, 2.75) is 71.7 Å². The minimum absolute atomic E-state index is 0.0128. The van der Waals surface area contributed by atoms with Crippen LogP contribution in [0.5, 0.6) is 5.88 Å². The molecule has 1 aliphatic heterocycles. The molecular weight excluding hydrogens is 605 g/mol. The molecule has 0 spiro atoms.